The molecular weight excluding hydrogens is 404 g/mol. The third kappa shape index (κ3) is 4.93. The Morgan fingerprint density at radius 2 is 1.77 bits per heavy atom. The van der Waals surface area contributed by atoms with E-state index in [4.69, 9.17) is 16.3 Å². The summed E-state index contributed by atoms with van der Waals surface area (Å²) < 4.78 is 5.47. The van der Waals surface area contributed by atoms with Gasteiger partial charge in [0.2, 0.25) is 0 Å². The van der Waals surface area contributed by atoms with Crippen molar-refractivity contribution in [2.24, 2.45) is 0 Å². The van der Waals surface area contributed by atoms with Crippen LogP contribution in [0.2, 0.25) is 0 Å². The maximum absolute atomic E-state index is 13.2. The standard InChI is InChI=1S/C23H27ClN2O4/c1-2-15-30-19-11-9-17(10-12-19)16-20-21(27)25(14-6-13-24)23(29)26(22(20)28)18-7-4-3-5-8-18/h2,9-12,16,18H,1,3-8,13-15H2. The van der Waals surface area contributed by atoms with Gasteiger partial charge < -0.3 is 4.74 Å². The maximum atomic E-state index is 13.2. The fourth-order valence-electron chi connectivity index (χ4n) is 3.85. The van der Waals surface area contributed by atoms with E-state index in [0.717, 1.165) is 37.0 Å². The molecule has 7 heteroatoms. The molecule has 0 aromatic heterocycles. The van der Waals surface area contributed by atoms with Gasteiger partial charge in [-0.2, -0.15) is 0 Å². The Kier molecular flexibility index (Phi) is 7.69. The molecule has 160 valence electrons. The van der Waals surface area contributed by atoms with Crippen LogP contribution in [0.5, 0.6) is 5.75 Å². The highest BCUT2D eigenvalue weighted by Crippen LogP contribution is 2.29. The number of carbonyl (C=O) groups is 3. The second kappa shape index (κ2) is 10.4. The molecule has 0 bridgehead atoms. The molecule has 0 unspecified atom stereocenters. The number of benzene rings is 1. The Morgan fingerprint density at radius 1 is 1.07 bits per heavy atom. The van der Waals surface area contributed by atoms with E-state index in [0.29, 0.717) is 30.2 Å². The number of urea groups is 1. The predicted octanol–water partition coefficient (Wildman–Crippen LogP) is 4.39. The van der Waals surface area contributed by atoms with Crippen molar-refractivity contribution < 1.29 is 19.1 Å². The zero-order chi connectivity index (χ0) is 21.5. The summed E-state index contributed by atoms with van der Waals surface area (Å²) in [6.07, 6.45) is 8.29. The summed E-state index contributed by atoms with van der Waals surface area (Å²) in [5, 5.41) is 0. The summed E-state index contributed by atoms with van der Waals surface area (Å²) in [7, 11) is 0. The van der Waals surface area contributed by atoms with E-state index in [1.165, 1.54) is 4.90 Å². The Balaban J connectivity index is 1.90. The van der Waals surface area contributed by atoms with Crippen LogP contribution in [0, 0.1) is 0 Å². The Hall–Kier alpha value is -2.60. The van der Waals surface area contributed by atoms with Gasteiger partial charge >= 0.3 is 6.03 Å². The average molecular weight is 431 g/mol. The van der Waals surface area contributed by atoms with E-state index in [-0.39, 0.29) is 18.2 Å². The predicted molar refractivity (Wildman–Crippen MR) is 116 cm³/mol. The van der Waals surface area contributed by atoms with Gasteiger partial charge in [0.1, 0.15) is 17.9 Å². The van der Waals surface area contributed by atoms with Crippen molar-refractivity contribution in [1.29, 1.82) is 0 Å². The van der Waals surface area contributed by atoms with E-state index in [2.05, 4.69) is 6.58 Å². The lowest BCUT2D eigenvalue weighted by Gasteiger charge is -2.39. The monoisotopic (exact) mass is 430 g/mol. The van der Waals surface area contributed by atoms with Gasteiger partial charge in [-0.15, -0.1) is 11.6 Å². The molecule has 3 rings (SSSR count). The van der Waals surface area contributed by atoms with Crippen molar-refractivity contribution in [3.63, 3.8) is 0 Å². The van der Waals surface area contributed by atoms with Crippen LogP contribution in [0.3, 0.4) is 0 Å². The molecule has 30 heavy (non-hydrogen) atoms. The van der Waals surface area contributed by atoms with Crippen molar-refractivity contribution in [2.45, 2.75) is 44.6 Å². The fourth-order valence-corrected chi connectivity index (χ4v) is 3.97. The number of halogens is 1. The van der Waals surface area contributed by atoms with Gasteiger partial charge in [0.25, 0.3) is 11.8 Å². The summed E-state index contributed by atoms with van der Waals surface area (Å²) >= 11 is 5.78. The number of alkyl halides is 1. The SMILES string of the molecule is C=CCOc1ccc(C=C2C(=O)N(CCCCl)C(=O)N(C3CCCCC3)C2=O)cc1. The molecule has 0 radical (unpaired) electrons. The Morgan fingerprint density at radius 3 is 2.40 bits per heavy atom. The second-order valence-electron chi connectivity index (χ2n) is 7.48. The molecule has 1 saturated heterocycles. The first-order valence-electron chi connectivity index (χ1n) is 10.4. The summed E-state index contributed by atoms with van der Waals surface area (Å²) in [6.45, 7) is 4.20. The van der Waals surface area contributed by atoms with E-state index >= 15 is 0 Å². The van der Waals surface area contributed by atoms with Gasteiger partial charge in [-0.1, -0.05) is 44.1 Å². The molecule has 1 saturated carbocycles. The van der Waals surface area contributed by atoms with E-state index < -0.39 is 17.8 Å². The van der Waals surface area contributed by atoms with Crippen LogP contribution in [0.25, 0.3) is 6.08 Å². The number of rotatable bonds is 8. The van der Waals surface area contributed by atoms with Crippen molar-refractivity contribution in [1.82, 2.24) is 9.80 Å². The highest BCUT2D eigenvalue weighted by molar-refractivity contribution is 6.31. The number of ether oxygens (including phenoxy) is 1. The van der Waals surface area contributed by atoms with Crippen LogP contribution < -0.4 is 4.74 Å². The number of imide groups is 2. The number of barbiturate groups is 1. The van der Waals surface area contributed by atoms with Gasteiger partial charge in [0.05, 0.1) is 0 Å². The summed E-state index contributed by atoms with van der Waals surface area (Å²) in [4.78, 5) is 41.7. The second-order valence-corrected chi connectivity index (χ2v) is 7.85. The highest BCUT2D eigenvalue weighted by Gasteiger charge is 2.44. The molecule has 4 amide bonds. The van der Waals surface area contributed by atoms with E-state index in [1.54, 1.807) is 36.4 Å². The highest BCUT2D eigenvalue weighted by atomic mass is 35.5. The summed E-state index contributed by atoms with van der Waals surface area (Å²) in [6, 6.07) is 6.40. The molecule has 0 atom stereocenters. The number of hydrogen-bond acceptors (Lipinski definition) is 4. The van der Waals surface area contributed by atoms with Crippen molar-refractivity contribution >= 4 is 35.5 Å². The molecule has 2 fully saturated rings. The Bertz CT molecular complexity index is 828. The molecule has 1 aromatic carbocycles. The largest absolute Gasteiger partial charge is 0.490 e. The molecule has 1 aliphatic heterocycles. The first kappa shape index (κ1) is 22.1. The van der Waals surface area contributed by atoms with Gasteiger partial charge in [0.15, 0.2) is 0 Å². The minimum absolute atomic E-state index is 0.00880. The zero-order valence-electron chi connectivity index (χ0n) is 17.0. The van der Waals surface area contributed by atoms with Gasteiger partial charge in [-0.25, -0.2) is 4.79 Å². The van der Waals surface area contributed by atoms with Crippen LogP contribution in [0.15, 0.2) is 42.5 Å². The molecule has 1 aromatic rings. The number of carbonyl (C=O) groups excluding carboxylic acids is 3. The number of amides is 4. The molecule has 0 spiro atoms. The minimum atomic E-state index is -0.561. The number of hydrogen-bond donors (Lipinski definition) is 0. The van der Waals surface area contributed by atoms with Crippen molar-refractivity contribution in [3.05, 3.63) is 48.1 Å². The fraction of sp³-hybridized carbons (Fsp3) is 0.435. The van der Waals surface area contributed by atoms with E-state index in [9.17, 15) is 14.4 Å². The lowest BCUT2D eigenvalue weighted by molar-refractivity contribution is -0.137. The van der Waals surface area contributed by atoms with Crippen LogP contribution in [0.4, 0.5) is 4.79 Å². The third-order valence-electron chi connectivity index (χ3n) is 5.38. The topological polar surface area (TPSA) is 66.9 Å². The first-order valence-corrected chi connectivity index (χ1v) is 10.9. The molecule has 0 N–H and O–H groups in total. The van der Waals surface area contributed by atoms with E-state index in [1.807, 2.05) is 0 Å². The third-order valence-corrected chi connectivity index (χ3v) is 5.64. The summed E-state index contributed by atoms with van der Waals surface area (Å²) in [5.74, 6) is -0.0686. The van der Waals surface area contributed by atoms with Crippen molar-refractivity contribution in [3.8, 4) is 5.75 Å². The van der Waals surface area contributed by atoms with Crippen LogP contribution in [-0.4, -0.2) is 52.7 Å². The molecule has 6 nitrogen and oxygen atoms in total. The lowest BCUT2D eigenvalue weighted by atomic mass is 9.93. The van der Waals surface area contributed by atoms with Crippen molar-refractivity contribution in [2.75, 3.05) is 19.0 Å². The lowest BCUT2D eigenvalue weighted by Crippen LogP contribution is -2.59. The maximum Gasteiger partial charge on any atom is 0.334 e. The molecule has 1 aliphatic carbocycles. The molecule has 2 aliphatic rings. The molecular formula is C23H27ClN2O4. The molecule has 1 heterocycles. The average Bonchev–Trinajstić information content (AvgIpc) is 2.77. The minimum Gasteiger partial charge on any atom is -0.490 e. The van der Waals surface area contributed by atoms with Gasteiger partial charge in [-0.05, 0) is 43.0 Å². The van der Waals surface area contributed by atoms with Gasteiger partial charge in [-0.3, -0.25) is 19.4 Å². The smallest absolute Gasteiger partial charge is 0.334 e. The zero-order valence-corrected chi connectivity index (χ0v) is 17.8. The van der Waals surface area contributed by atoms with Gasteiger partial charge in [0, 0.05) is 18.5 Å². The Labute approximate surface area is 182 Å². The number of nitrogens with zero attached hydrogens (tertiary/aromatic N) is 2. The van der Waals surface area contributed by atoms with Crippen LogP contribution in [0.1, 0.15) is 44.1 Å². The van der Waals surface area contributed by atoms with Crippen LogP contribution in [-0.2, 0) is 9.59 Å². The van der Waals surface area contributed by atoms with Crippen LogP contribution >= 0.6 is 11.6 Å². The summed E-state index contributed by atoms with van der Waals surface area (Å²) in [5.41, 5.74) is 0.697. The quantitative estimate of drug-likeness (QED) is 0.265. The normalized spacial score (nSPS) is 19.5. The first-order chi connectivity index (χ1) is 14.6.